The van der Waals surface area contributed by atoms with Gasteiger partial charge in [0.05, 0.1) is 11.3 Å². The third-order valence-corrected chi connectivity index (χ3v) is 2.90. The van der Waals surface area contributed by atoms with Gasteiger partial charge in [-0.15, -0.1) is 0 Å². The molecule has 0 saturated heterocycles. The van der Waals surface area contributed by atoms with E-state index in [1.807, 2.05) is 24.3 Å². The van der Waals surface area contributed by atoms with Gasteiger partial charge >= 0.3 is 0 Å². The van der Waals surface area contributed by atoms with Crippen molar-refractivity contribution in [3.63, 3.8) is 0 Å². The normalized spacial score (nSPS) is 24.0. The molecule has 0 bridgehead atoms. The molecule has 1 saturated carbocycles. The molecule has 0 aliphatic heterocycles. The number of hydrogen-bond donors (Lipinski definition) is 2. The molecule has 1 fully saturated rings. The Balaban J connectivity index is 1.91. The molecule has 1 aromatic carbocycles. The zero-order valence-electron chi connectivity index (χ0n) is 8.61. The van der Waals surface area contributed by atoms with E-state index in [0.29, 0.717) is 17.5 Å². The third kappa shape index (κ3) is 2.28. The predicted molar refractivity (Wildman–Crippen MR) is 60.3 cm³/mol. The van der Waals surface area contributed by atoms with E-state index in [1.54, 1.807) is 0 Å². The van der Waals surface area contributed by atoms with Gasteiger partial charge in [-0.2, -0.15) is 5.26 Å². The Hall–Kier alpha value is -1.53. The van der Waals surface area contributed by atoms with Crippen molar-refractivity contribution in [3.05, 3.63) is 29.8 Å². The van der Waals surface area contributed by atoms with Crippen molar-refractivity contribution in [2.75, 3.05) is 11.9 Å². The van der Waals surface area contributed by atoms with E-state index in [2.05, 4.69) is 11.4 Å². The summed E-state index contributed by atoms with van der Waals surface area (Å²) in [5.41, 5.74) is 7.35. The maximum absolute atomic E-state index is 8.89. The molecule has 3 N–H and O–H groups in total. The number of para-hydroxylation sites is 1. The molecule has 0 amide bonds. The van der Waals surface area contributed by atoms with Crippen LogP contribution in [0.1, 0.15) is 18.4 Å². The number of hydrogen-bond acceptors (Lipinski definition) is 3. The number of nitrogens with two attached hydrogens (primary N) is 1. The van der Waals surface area contributed by atoms with Gasteiger partial charge < -0.3 is 11.1 Å². The predicted octanol–water partition coefficient (Wildman–Crippen LogP) is 1.71. The Kier molecular flexibility index (Phi) is 2.89. The van der Waals surface area contributed by atoms with Gasteiger partial charge in [-0.25, -0.2) is 0 Å². The van der Waals surface area contributed by atoms with Crippen LogP contribution in [0.4, 0.5) is 5.69 Å². The smallest absolute Gasteiger partial charge is 0.101 e. The van der Waals surface area contributed by atoms with Crippen LogP contribution in [-0.4, -0.2) is 12.6 Å². The fourth-order valence-electron chi connectivity index (χ4n) is 1.94. The van der Waals surface area contributed by atoms with Crippen molar-refractivity contribution in [3.8, 4) is 6.07 Å². The quantitative estimate of drug-likeness (QED) is 0.782. The highest BCUT2D eigenvalue weighted by molar-refractivity contribution is 5.57. The van der Waals surface area contributed by atoms with Gasteiger partial charge in [0.2, 0.25) is 0 Å². The van der Waals surface area contributed by atoms with Crippen LogP contribution < -0.4 is 11.1 Å². The summed E-state index contributed by atoms with van der Waals surface area (Å²) in [4.78, 5) is 0. The number of rotatable bonds is 3. The molecule has 0 radical (unpaired) electrons. The van der Waals surface area contributed by atoms with Crippen molar-refractivity contribution >= 4 is 5.69 Å². The van der Waals surface area contributed by atoms with Crippen LogP contribution in [0.15, 0.2) is 24.3 Å². The zero-order valence-corrected chi connectivity index (χ0v) is 8.61. The van der Waals surface area contributed by atoms with Crippen molar-refractivity contribution in [1.82, 2.24) is 0 Å². The highest BCUT2D eigenvalue weighted by Gasteiger charge is 2.25. The van der Waals surface area contributed by atoms with E-state index in [1.165, 1.54) is 0 Å². The lowest BCUT2D eigenvalue weighted by Crippen LogP contribution is -2.39. The van der Waals surface area contributed by atoms with E-state index < -0.39 is 0 Å². The first-order chi connectivity index (χ1) is 7.29. The Morgan fingerprint density at radius 3 is 2.80 bits per heavy atom. The molecule has 15 heavy (non-hydrogen) atoms. The second-order valence-electron chi connectivity index (χ2n) is 4.14. The molecular weight excluding hydrogens is 186 g/mol. The number of nitrogens with zero attached hydrogens (tertiary/aromatic N) is 1. The molecule has 0 aromatic heterocycles. The summed E-state index contributed by atoms with van der Waals surface area (Å²) >= 11 is 0. The molecular formula is C12H15N3. The van der Waals surface area contributed by atoms with Crippen molar-refractivity contribution in [2.45, 2.75) is 18.9 Å². The lowest BCUT2D eigenvalue weighted by atomic mass is 9.81. The minimum absolute atomic E-state index is 0.392. The third-order valence-electron chi connectivity index (χ3n) is 2.90. The topological polar surface area (TPSA) is 61.8 Å². The fourth-order valence-corrected chi connectivity index (χ4v) is 1.94. The standard InChI is InChI=1S/C12H15N3/c13-7-10-3-1-2-4-12(10)15-8-9-5-11(14)6-9/h1-4,9,11,15H,5-6,8,14H2. The molecule has 3 heteroatoms. The lowest BCUT2D eigenvalue weighted by molar-refractivity contribution is 0.280. The molecule has 0 spiro atoms. The molecule has 1 aliphatic carbocycles. The van der Waals surface area contributed by atoms with E-state index in [9.17, 15) is 0 Å². The second kappa shape index (κ2) is 4.33. The minimum Gasteiger partial charge on any atom is -0.384 e. The molecule has 3 nitrogen and oxygen atoms in total. The van der Waals surface area contributed by atoms with Crippen molar-refractivity contribution < 1.29 is 0 Å². The van der Waals surface area contributed by atoms with E-state index >= 15 is 0 Å². The Bertz CT molecular complexity index is 375. The van der Waals surface area contributed by atoms with Gasteiger partial charge in [-0.1, -0.05) is 12.1 Å². The van der Waals surface area contributed by atoms with Crippen LogP contribution in [0, 0.1) is 17.2 Å². The molecule has 0 atom stereocenters. The highest BCUT2D eigenvalue weighted by atomic mass is 14.9. The molecule has 0 unspecified atom stereocenters. The summed E-state index contributed by atoms with van der Waals surface area (Å²) in [5.74, 6) is 0.673. The average Bonchev–Trinajstić information content (AvgIpc) is 2.23. The summed E-state index contributed by atoms with van der Waals surface area (Å²) in [6, 6.07) is 10.2. The van der Waals surface area contributed by atoms with Crippen LogP contribution >= 0.6 is 0 Å². The molecule has 2 rings (SSSR count). The van der Waals surface area contributed by atoms with Gasteiger partial charge in [-0.05, 0) is 30.9 Å². The fraction of sp³-hybridized carbons (Fsp3) is 0.417. The average molecular weight is 201 g/mol. The maximum Gasteiger partial charge on any atom is 0.101 e. The van der Waals surface area contributed by atoms with Gasteiger partial charge in [0, 0.05) is 12.6 Å². The summed E-state index contributed by atoms with van der Waals surface area (Å²) < 4.78 is 0. The molecule has 1 aliphatic rings. The number of nitriles is 1. The first kappa shape index (κ1) is 10.0. The highest BCUT2D eigenvalue weighted by Crippen LogP contribution is 2.26. The van der Waals surface area contributed by atoms with Crippen LogP contribution in [0.25, 0.3) is 0 Å². The van der Waals surface area contributed by atoms with Gasteiger partial charge in [-0.3, -0.25) is 0 Å². The molecule has 0 heterocycles. The van der Waals surface area contributed by atoms with Gasteiger partial charge in [0.1, 0.15) is 6.07 Å². The van der Waals surface area contributed by atoms with E-state index in [-0.39, 0.29) is 0 Å². The van der Waals surface area contributed by atoms with E-state index in [0.717, 1.165) is 25.1 Å². The van der Waals surface area contributed by atoms with Crippen LogP contribution in [0.3, 0.4) is 0 Å². The van der Waals surface area contributed by atoms with E-state index in [4.69, 9.17) is 11.0 Å². The Labute approximate surface area is 89.9 Å². The minimum atomic E-state index is 0.392. The molecule has 1 aromatic rings. The largest absolute Gasteiger partial charge is 0.384 e. The summed E-state index contributed by atoms with van der Waals surface area (Å²) in [5, 5.41) is 12.2. The SMILES string of the molecule is N#Cc1ccccc1NCC1CC(N)C1. The second-order valence-corrected chi connectivity index (χ2v) is 4.14. The first-order valence-electron chi connectivity index (χ1n) is 5.28. The monoisotopic (exact) mass is 201 g/mol. The van der Waals surface area contributed by atoms with Crippen molar-refractivity contribution in [2.24, 2.45) is 11.7 Å². The summed E-state index contributed by atoms with van der Waals surface area (Å²) in [6.45, 7) is 0.923. The number of nitrogens with one attached hydrogen (secondary N) is 1. The van der Waals surface area contributed by atoms with Crippen LogP contribution in [0.5, 0.6) is 0 Å². The van der Waals surface area contributed by atoms with Crippen molar-refractivity contribution in [1.29, 1.82) is 5.26 Å². The summed E-state index contributed by atoms with van der Waals surface area (Å²) in [6.07, 6.45) is 2.20. The Morgan fingerprint density at radius 1 is 1.40 bits per heavy atom. The Morgan fingerprint density at radius 2 is 2.13 bits per heavy atom. The van der Waals surface area contributed by atoms with Gasteiger partial charge in [0.15, 0.2) is 0 Å². The number of benzene rings is 1. The maximum atomic E-state index is 8.89. The van der Waals surface area contributed by atoms with Crippen LogP contribution in [0.2, 0.25) is 0 Å². The zero-order chi connectivity index (χ0) is 10.7. The summed E-state index contributed by atoms with van der Waals surface area (Å²) in [7, 11) is 0. The van der Waals surface area contributed by atoms with Crippen LogP contribution in [-0.2, 0) is 0 Å². The van der Waals surface area contributed by atoms with Gasteiger partial charge in [0.25, 0.3) is 0 Å². The number of anilines is 1. The first-order valence-corrected chi connectivity index (χ1v) is 5.28. The molecule has 78 valence electrons. The lowest BCUT2D eigenvalue weighted by Gasteiger charge is -2.32.